The number of para-hydroxylation sites is 2. The lowest BCUT2D eigenvalue weighted by molar-refractivity contribution is -0.149. The van der Waals surface area contributed by atoms with Gasteiger partial charge in [-0.05, 0) is 92.3 Å². The molecular weight excluding hydrogens is 1740 g/mol. The summed E-state index contributed by atoms with van der Waals surface area (Å²) in [6.07, 6.45) is -1.38. The number of nitrogens with zero attached hydrogens (tertiary/aromatic N) is 5. The van der Waals surface area contributed by atoms with Gasteiger partial charge in [-0.2, -0.15) is 0 Å². The molecule has 2 aromatic heterocycles. The zero-order valence-electron chi connectivity index (χ0n) is 75.1. The molecule has 3 aliphatic heterocycles. The minimum absolute atomic E-state index is 0.0342. The quantitative estimate of drug-likeness (QED) is 0.0270. The number of carbonyl (C=O) groups is 19. The number of aliphatic carboxylic acids is 1. The van der Waals surface area contributed by atoms with Crippen molar-refractivity contribution < 1.29 is 106 Å². The third kappa shape index (κ3) is 28.9. The molecule has 5 aromatic rings. The van der Waals surface area contributed by atoms with Crippen LogP contribution in [0.3, 0.4) is 0 Å². The van der Waals surface area contributed by atoms with Crippen molar-refractivity contribution in [2.24, 2.45) is 28.9 Å². The smallest absolute Gasteiger partial charge is 0.303 e. The molecule has 23 N–H and O–H groups in total. The molecule has 1 unspecified atom stereocenters. The standard InChI is InChI=1S/C88H123N21O22S/c1-9-11-22-66-81(124)97-57(29-30-74(116)117)77(120)104-65(76(119)95-42-72(92)114)44-132-45-73(115)96-61(33-48-25-27-51(110)28-26-48)84(127)105(6)47(5)75(118)100-63(38-71(91)113)86(129)108-31-17-24-67(108)82(125)99-59(37-70(90)112)79(122)101-60(32-46(3)4)87(130)109-43-52(111)36-69(109)83(126)98-58(34-49-40-93-55-20-15-13-18-53(49)55)78(121)103-64(39-89)80(123)102-62(35-50-41-94-56-21-16-14-19-54(50)56)85(128)107(8)68(23-12-10-2)88(131)106(66)7/h13-16,18-21,25-28,40-41,46-47,52,57-69,93-94,110-111H,9-12,17,22-24,29-39,42-45,89H2,1-8H3,(H2,90,112)(H2,91,113)(H2,92,114)(H,95,119)(H,96,115)(H,97,124)(H,98,126)(H,99,125)(H,100,118)(H,101,122)(H,102,123)(H,103,121)(H,104,120)(H,116,117)/t47-,52+,57-,58-,59-,60-,61-,62-,63-,64-,65?,66-,67-,68-,69-/m0/s1. The number of carbonyl (C=O) groups excluding carboxylic acids is 18. The van der Waals surface area contributed by atoms with Gasteiger partial charge >= 0.3 is 5.97 Å². The summed E-state index contributed by atoms with van der Waals surface area (Å²) in [6.45, 7) is 6.14. The average Bonchev–Trinajstić information content (AvgIpc) is 1.09. The summed E-state index contributed by atoms with van der Waals surface area (Å²) in [5.74, 6) is -21.4. The van der Waals surface area contributed by atoms with E-state index in [1.807, 2.05) is 6.92 Å². The number of aromatic hydroxyl groups is 1. The maximum Gasteiger partial charge on any atom is 0.303 e. The predicted octanol–water partition coefficient (Wildman–Crippen LogP) is -3.45. The summed E-state index contributed by atoms with van der Waals surface area (Å²) in [5, 5.41) is 58.4. The van der Waals surface area contributed by atoms with Crippen LogP contribution in [-0.4, -0.2) is 312 Å². The number of likely N-dealkylation sites (N-methyl/N-ethyl adjacent to an activating group) is 3. The summed E-state index contributed by atoms with van der Waals surface area (Å²) >= 11 is 0.699. The van der Waals surface area contributed by atoms with Crippen molar-refractivity contribution in [3.05, 3.63) is 102 Å². The van der Waals surface area contributed by atoms with Gasteiger partial charge < -0.3 is 126 Å². The summed E-state index contributed by atoms with van der Waals surface area (Å²) in [6, 6.07) is -3.29. The van der Waals surface area contributed by atoms with Gasteiger partial charge in [-0.3, -0.25) is 91.1 Å². The Morgan fingerprint density at radius 2 is 1.02 bits per heavy atom. The fourth-order valence-corrected chi connectivity index (χ4v) is 17.0. The number of hydrogen-bond donors (Lipinski definition) is 19. The molecule has 43 nitrogen and oxygen atoms in total. The van der Waals surface area contributed by atoms with Crippen molar-refractivity contribution in [1.82, 2.24) is 87.6 Å². The van der Waals surface area contributed by atoms with Gasteiger partial charge in [-0.25, -0.2) is 0 Å². The van der Waals surface area contributed by atoms with Crippen LogP contribution in [0.4, 0.5) is 0 Å². The van der Waals surface area contributed by atoms with Crippen LogP contribution in [0.1, 0.15) is 141 Å². The number of phenolic OH excluding ortho intramolecular Hbond substituents is 1. The van der Waals surface area contributed by atoms with Crippen LogP contribution in [0.25, 0.3) is 21.8 Å². The van der Waals surface area contributed by atoms with Gasteiger partial charge in [0.1, 0.15) is 90.3 Å². The van der Waals surface area contributed by atoms with Crippen LogP contribution in [-0.2, 0) is 110 Å². The molecule has 18 amide bonds. The fourth-order valence-electron chi connectivity index (χ4n) is 16.2. The first kappa shape index (κ1) is 104. The SMILES string of the molecule is CCCC[C@H]1C(=O)N(C)[C@@H](CCCC)C(=O)N[C@@H](CCC(=O)O)C(=O)NC(C(=O)NCC(N)=O)CSCC(=O)N[C@@H](Cc2ccc(O)cc2)C(=O)N(C)[C@@H](C)C(=O)N[C@@H](CC(N)=O)C(=O)N2CCC[C@H]2C(=O)N[C@@H](CC(N)=O)C(=O)N[C@@H](CC(C)C)C(=O)N2C[C@H](O)C[C@H]2C(=O)N[C@@H](Cc2c[nH]c3ccccc23)C(=O)N[C@@H](CN)C(=O)N[C@@H](Cc2c[nH]c3ccccc23)C(=O)N1C. The number of aromatic amines is 2. The third-order valence-corrected chi connectivity index (χ3v) is 24.5. The molecule has 5 heterocycles. The van der Waals surface area contributed by atoms with Crippen LogP contribution in [0.2, 0.25) is 0 Å². The van der Waals surface area contributed by atoms with Crippen molar-refractivity contribution >= 4 is 146 Å². The lowest BCUT2D eigenvalue weighted by atomic mass is 10.00. The number of carboxylic acid groups (broad SMARTS) is 1. The first-order valence-electron chi connectivity index (χ1n) is 43.9. The van der Waals surface area contributed by atoms with Crippen LogP contribution in [0.5, 0.6) is 5.75 Å². The molecule has 3 fully saturated rings. The number of H-pyrrole nitrogens is 2. The summed E-state index contributed by atoms with van der Waals surface area (Å²) in [4.78, 5) is 285. The topological polar surface area (TPSA) is 657 Å². The highest BCUT2D eigenvalue weighted by Gasteiger charge is 2.47. The number of hydrogen-bond acceptors (Lipinski definition) is 23. The van der Waals surface area contributed by atoms with E-state index in [-0.39, 0.29) is 70.1 Å². The van der Waals surface area contributed by atoms with Gasteiger partial charge in [0.05, 0.1) is 31.2 Å². The van der Waals surface area contributed by atoms with E-state index in [9.17, 15) is 72.9 Å². The molecule has 0 bridgehead atoms. The fraction of sp³-hybridized carbons (Fsp3) is 0.534. The molecule has 8 rings (SSSR count). The number of phenols is 1. The molecule has 0 spiro atoms. The molecule has 0 saturated carbocycles. The third-order valence-electron chi connectivity index (χ3n) is 23.5. The molecule has 3 aromatic carbocycles. The van der Waals surface area contributed by atoms with Crippen molar-refractivity contribution in [3.8, 4) is 5.75 Å². The first-order chi connectivity index (χ1) is 62.6. The highest BCUT2D eigenvalue weighted by Crippen LogP contribution is 2.28. The molecule has 0 radical (unpaired) electrons. The van der Waals surface area contributed by atoms with E-state index >= 15 is 33.6 Å². The maximum atomic E-state index is 15.7. The minimum Gasteiger partial charge on any atom is -0.508 e. The van der Waals surface area contributed by atoms with Crippen LogP contribution < -0.4 is 76.1 Å². The number of nitrogens with two attached hydrogens (primary N) is 4. The normalized spacial score (nSPS) is 25.1. The second kappa shape index (κ2) is 49.1. The average molecular weight is 1860 g/mol. The Balaban J connectivity index is 1.19. The van der Waals surface area contributed by atoms with Gasteiger partial charge in [-0.15, -0.1) is 11.8 Å². The van der Waals surface area contributed by atoms with Crippen molar-refractivity contribution in [3.63, 3.8) is 0 Å². The lowest BCUT2D eigenvalue weighted by Gasteiger charge is -2.36. The Morgan fingerprint density at radius 3 is 1.61 bits per heavy atom. The Morgan fingerprint density at radius 1 is 0.523 bits per heavy atom. The number of thioether (sulfide) groups is 1. The number of amides is 18. The molecule has 718 valence electrons. The van der Waals surface area contributed by atoms with Crippen molar-refractivity contribution in [2.75, 3.05) is 58.8 Å². The molecule has 0 aliphatic carbocycles. The summed E-state index contributed by atoms with van der Waals surface area (Å²) < 4.78 is 0. The minimum atomic E-state index is -1.87. The Hall–Kier alpha value is -13.3. The Labute approximate surface area is 766 Å². The van der Waals surface area contributed by atoms with E-state index in [1.54, 1.807) is 81.7 Å². The van der Waals surface area contributed by atoms with Crippen LogP contribution in [0.15, 0.2) is 85.2 Å². The highest BCUT2D eigenvalue weighted by atomic mass is 32.2. The van der Waals surface area contributed by atoms with E-state index in [2.05, 4.69) is 63.1 Å². The number of rotatable bonds is 25. The largest absolute Gasteiger partial charge is 0.508 e. The number of aromatic nitrogens is 2. The molecule has 44 heteroatoms. The highest BCUT2D eigenvalue weighted by molar-refractivity contribution is 8.00. The lowest BCUT2D eigenvalue weighted by Crippen LogP contribution is -2.62. The number of carboxylic acids is 1. The Bertz CT molecular complexity index is 5030. The number of aliphatic hydroxyl groups is 1. The number of primary amides is 3. The van der Waals surface area contributed by atoms with Gasteiger partial charge in [0, 0.05) is 113 Å². The van der Waals surface area contributed by atoms with E-state index in [0.717, 1.165) is 24.5 Å². The zero-order valence-corrected chi connectivity index (χ0v) is 76.0. The summed E-state index contributed by atoms with van der Waals surface area (Å²) in [7, 11) is 3.79. The molecule has 3 aliphatic rings. The second-order valence-electron chi connectivity index (χ2n) is 33.9. The van der Waals surface area contributed by atoms with Gasteiger partial charge in [0.25, 0.3) is 0 Å². The number of nitrogens with one attached hydrogen (secondary N) is 12. The van der Waals surface area contributed by atoms with Gasteiger partial charge in [0.15, 0.2) is 0 Å². The summed E-state index contributed by atoms with van der Waals surface area (Å²) in [5.41, 5.74) is 25.7. The number of benzene rings is 3. The van der Waals surface area contributed by atoms with Crippen LogP contribution >= 0.6 is 11.8 Å². The number of aliphatic hydroxyl groups excluding tert-OH is 1. The Kier molecular flexibility index (Phi) is 38.7. The molecular formula is C88H123N21O22S. The van der Waals surface area contributed by atoms with Crippen molar-refractivity contribution in [1.29, 1.82) is 0 Å². The zero-order chi connectivity index (χ0) is 97.1. The second-order valence-corrected chi connectivity index (χ2v) is 34.9. The maximum absolute atomic E-state index is 15.7. The first-order valence-corrected chi connectivity index (χ1v) is 45.1. The van der Waals surface area contributed by atoms with Gasteiger partial charge in [0.2, 0.25) is 106 Å². The molecule has 15 atom stereocenters. The van der Waals surface area contributed by atoms with Crippen molar-refractivity contribution in [2.45, 2.75) is 234 Å². The van der Waals surface area contributed by atoms with E-state index in [4.69, 9.17) is 22.9 Å². The van der Waals surface area contributed by atoms with E-state index in [0.29, 0.717) is 69.5 Å². The van der Waals surface area contributed by atoms with E-state index < -0.39 is 272 Å². The molecule has 3 saturated heterocycles. The van der Waals surface area contributed by atoms with Crippen LogP contribution in [0, 0.1) is 5.92 Å². The van der Waals surface area contributed by atoms with E-state index in [1.165, 1.54) is 52.3 Å². The predicted molar refractivity (Wildman–Crippen MR) is 481 cm³/mol. The number of fused-ring (bicyclic) bond motifs is 4. The monoisotopic (exact) mass is 1860 g/mol. The van der Waals surface area contributed by atoms with Gasteiger partial charge in [-0.1, -0.05) is 102 Å². The molecule has 132 heavy (non-hydrogen) atoms. The number of unbranched alkanes of at least 4 members (excludes halogenated alkanes) is 2.